The van der Waals surface area contributed by atoms with Crippen molar-refractivity contribution in [1.29, 1.82) is 0 Å². The Hall–Kier alpha value is -2.76. The number of anilines is 1. The second kappa shape index (κ2) is 7.87. The van der Waals surface area contributed by atoms with Crippen LogP contribution in [0.25, 0.3) is 0 Å². The smallest absolute Gasteiger partial charge is 0.318 e. The fraction of sp³-hybridized carbons (Fsp3) is 0.250. The van der Waals surface area contributed by atoms with Crippen LogP contribution in [-0.2, 0) is 20.7 Å². The molecule has 1 aromatic carbocycles. The van der Waals surface area contributed by atoms with E-state index < -0.39 is 17.8 Å². The highest BCUT2D eigenvalue weighted by Crippen LogP contribution is 2.13. The van der Waals surface area contributed by atoms with E-state index in [2.05, 4.69) is 15.3 Å². The van der Waals surface area contributed by atoms with Crippen molar-refractivity contribution in [3.63, 3.8) is 0 Å². The van der Waals surface area contributed by atoms with Gasteiger partial charge in [0.2, 0.25) is 11.9 Å². The van der Waals surface area contributed by atoms with Gasteiger partial charge in [-0.05, 0) is 25.0 Å². The number of carbonyl (C=O) groups excluding carboxylic acids is 2. The number of nitrogens with zero attached hydrogens (tertiary/aromatic N) is 2. The number of ether oxygens (including phenoxy) is 1. The predicted octanol–water partition coefficient (Wildman–Crippen LogP) is 1.84. The fourth-order valence-corrected chi connectivity index (χ4v) is 1.94. The molecule has 0 fully saturated rings. The molecule has 1 atom stereocenters. The first-order valence-electron chi connectivity index (χ1n) is 6.99. The van der Waals surface area contributed by atoms with E-state index >= 15 is 0 Å². The third-order valence-electron chi connectivity index (χ3n) is 2.97. The van der Waals surface area contributed by atoms with Gasteiger partial charge >= 0.3 is 5.97 Å². The zero-order valence-corrected chi connectivity index (χ0v) is 12.2. The highest BCUT2D eigenvalue weighted by molar-refractivity contribution is 6.04. The molecule has 1 amide bonds. The fourth-order valence-electron chi connectivity index (χ4n) is 1.94. The maximum Gasteiger partial charge on any atom is 0.318 e. The first-order chi connectivity index (χ1) is 10.7. The van der Waals surface area contributed by atoms with Crippen LogP contribution in [0.15, 0.2) is 48.8 Å². The van der Waals surface area contributed by atoms with Gasteiger partial charge in [-0.25, -0.2) is 9.97 Å². The number of amides is 1. The van der Waals surface area contributed by atoms with Gasteiger partial charge in [0, 0.05) is 12.4 Å². The van der Waals surface area contributed by atoms with E-state index in [4.69, 9.17) is 4.74 Å². The molecule has 1 aromatic heterocycles. The summed E-state index contributed by atoms with van der Waals surface area (Å²) >= 11 is 0. The van der Waals surface area contributed by atoms with Gasteiger partial charge in [0.1, 0.15) is 5.92 Å². The molecule has 0 spiro atoms. The Morgan fingerprint density at radius 3 is 2.45 bits per heavy atom. The first kappa shape index (κ1) is 15.6. The molecular weight excluding hydrogens is 282 g/mol. The number of hydrogen-bond donors (Lipinski definition) is 1. The van der Waals surface area contributed by atoms with Crippen LogP contribution in [-0.4, -0.2) is 28.5 Å². The first-order valence-corrected chi connectivity index (χ1v) is 6.99. The average Bonchev–Trinajstić information content (AvgIpc) is 2.54. The van der Waals surface area contributed by atoms with Crippen molar-refractivity contribution in [2.45, 2.75) is 13.3 Å². The van der Waals surface area contributed by atoms with Gasteiger partial charge in [0.05, 0.1) is 6.61 Å². The number of hydrogen-bond acceptors (Lipinski definition) is 5. The average molecular weight is 299 g/mol. The number of nitrogens with one attached hydrogen (secondary N) is 1. The normalized spacial score (nSPS) is 11.5. The topological polar surface area (TPSA) is 81.2 Å². The molecule has 1 heterocycles. The minimum absolute atomic E-state index is 0.162. The van der Waals surface area contributed by atoms with Crippen LogP contribution in [0, 0.1) is 5.92 Å². The van der Waals surface area contributed by atoms with Crippen LogP contribution in [0.3, 0.4) is 0 Å². The van der Waals surface area contributed by atoms with Crippen LogP contribution < -0.4 is 5.32 Å². The lowest BCUT2D eigenvalue weighted by Gasteiger charge is -2.15. The maximum atomic E-state index is 12.3. The van der Waals surface area contributed by atoms with Gasteiger partial charge in [-0.3, -0.25) is 14.9 Å². The van der Waals surface area contributed by atoms with Gasteiger partial charge in [-0.2, -0.15) is 0 Å². The molecule has 0 saturated carbocycles. The van der Waals surface area contributed by atoms with Gasteiger partial charge in [0.15, 0.2) is 0 Å². The SMILES string of the molecule is CCOC(=O)C(Cc1ccccc1)C(=O)Nc1ncccn1. The summed E-state index contributed by atoms with van der Waals surface area (Å²) in [5.74, 6) is -1.81. The molecule has 6 heteroatoms. The monoisotopic (exact) mass is 299 g/mol. The molecule has 1 unspecified atom stereocenters. The molecule has 2 rings (SSSR count). The number of aromatic nitrogens is 2. The zero-order chi connectivity index (χ0) is 15.8. The molecule has 6 nitrogen and oxygen atoms in total. The van der Waals surface area contributed by atoms with E-state index in [0.717, 1.165) is 5.56 Å². The van der Waals surface area contributed by atoms with Crippen molar-refractivity contribution in [1.82, 2.24) is 9.97 Å². The lowest BCUT2D eigenvalue weighted by molar-refractivity contribution is -0.150. The summed E-state index contributed by atoms with van der Waals surface area (Å²) in [5.41, 5.74) is 0.879. The quantitative estimate of drug-likeness (QED) is 0.650. The van der Waals surface area contributed by atoms with E-state index in [9.17, 15) is 9.59 Å². The molecule has 114 valence electrons. The standard InChI is InChI=1S/C16H17N3O3/c1-2-22-15(21)13(11-12-7-4-3-5-8-12)14(20)19-16-17-9-6-10-18-16/h3-10,13H,2,11H2,1H3,(H,17,18,19,20). The van der Waals surface area contributed by atoms with Gasteiger partial charge < -0.3 is 4.74 Å². The molecule has 0 aliphatic heterocycles. The van der Waals surface area contributed by atoms with Gasteiger partial charge in [-0.1, -0.05) is 30.3 Å². The molecule has 22 heavy (non-hydrogen) atoms. The van der Waals surface area contributed by atoms with E-state index in [-0.39, 0.29) is 19.0 Å². The van der Waals surface area contributed by atoms with Crippen molar-refractivity contribution in [3.8, 4) is 0 Å². The minimum Gasteiger partial charge on any atom is -0.465 e. The Morgan fingerprint density at radius 2 is 1.82 bits per heavy atom. The second-order valence-electron chi connectivity index (χ2n) is 4.56. The molecule has 2 aromatic rings. The van der Waals surface area contributed by atoms with Crippen LogP contribution in [0.2, 0.25) is 0 Å². The number of benzene rings is 1. The molecular formula is C16H17N3O3. The summed E-state index contributed by atoms with van der Waals surface area (Å²) in [6.07, 6.45) is 3.29. The molecule has 1 N–H and O–H groups in total. The highest BCUT2D eigenvalue weighted by atomic mass is 16.5. The summed E-state index contributed by atoms with van der Waals surface area (Å²) in [4.78, 5) is 32.2. The Balaban J connectivity index is 2.13. The van der Waals surface area contributed by atoms with Gasteiger partial charge in [-0.15, -0.1) is 0 Å². The van der Waals surface area contributed by atoms with Crippen LogP contribution in [0.1, 0.15) is 12.5 Å². The second-order valence-corrected chi connectivity index (χ2v) is 4.56. The van der Waals surface area contributed by atoms with E-state index in [1.807, 2.05) is 30.3 Å². The van der Waals surface area contributed by atoms with Crippen molar-refractivity contribution < 1.29 is 14.3 Å². The van der Waals surface area contributed by atoms with Crippen molar-refractivity contribution in [2.75, 3.05) is 11.9 Å². The zero-order valence-electron chi connectivity index (χ0n) is 12.2. The van der Waals surface area contributed by atoms with Gasteiger partial charge in [0.25, 0.3) is 0 Å². The maximum absolute atomic E-state index is 12.3. The summed E-state index contributed by atoms with van der Waals surface area (Å²) in [7, 11) is 0. The lowest BCUT2D eigenvalue weighted by atomic mass is 9.98. The Bertz CT molecular complexity index is 617. The summed E-state index contributed by atoms with van der Waals surface area (Å²) in [6, 6.07) is 11.0. The molecule has 0 saturated heterocycles. The Kier molecular flexibility index (Phi) is 5.59. The van der Waals surface area contributed by atoms with Crippen molar-refractivity contribution >= 4 is 17.8 Å². The predicted molar refractivity (Wildman–Crippen MR) is 80.9 cm³/mol. The summed E-state index contributed by atoms with van der Waals surface area (Å²) in [5, 5.41) is 2.54. The van der Waals surface area contributed by atoms with E-state index in [1.165, 1.54) is 12.4 Å². The highest BCUT2D eigenvalue weighted by Gasteiger charge is 2.28. The van der Waals surface area contributed by atoms with Crippen LogP contribution in [0.4, 0.5) is 5.95 Å². The summed E-state index contributed by atoms with van der Waals surface area (Å²) < 4.78 is 4.99. The minimum atomic E-state index is -0.939. The Morgan fingerprint density at radius 1 is 1.14 bits per heavy atom. The third-order valence-corrected chi connectivity index (χ3v) is 2.97. The van der Waals surface area contributed by atoms with E-state index in [0.29, 0.717) is 0 Å². The molecule has 0 aliphatic rings. The van der Waals surface area contributed by atoms with Crippen LogP contribution >= 0.6 is 0 Å². The molecule has 0 radical (unpaired) electrons. The molecule has 0 bridgehead atoms. The molecule has 0 aliphatic carbocycles. The van der Waals surface area contributed by atoms with Crippen molar-refractivity contribution in [2.24, 2.45) is 5.92 Å². The largest absolute Gasteiger partial charge is 0.465 e. The number of rotatable bonds is 6. The number of esters is 1. The summed E-state index contributed by atoms with van der Waals surface area (Å²) in [6.45, 7) is 1.93. The van der Waals surface area contributed by atoms with Crippen LogP contribution in [0.5, 0.6) is 0 Å². The van der Waals surface area contributed by atoms with Crippen molar-refractivity contribution in [3.05, 3.63) is 54.4 Å². The van der Waals surface area contributed by atoms with E-state index in [1.54, 1.807) is 13.0 Å². The third kappa shape index (κ3) is 4.37. The number of carbonyl (C=O) groups is 2. The Labute approximate surface area is 128 Å². The lowest BCUT2D eigenvalue weighted by Crippen LogP contribution is -2.33.